The fraction of sp³-hybridized carbons (Fsp3) is 0.429. The molecule has 0 aromatic heterocycles. The molecular weight excluding hydrogens is 298 g/mol. The molecule has 1 fully saturated rings. The van der Waals surface area contributed by atoms with E-state index in [1.54, 1.807) is 12.1 Å². The average molecular weight is 323 g/mol. The van der Waals surface area contributed by atoms with Gasteiger partial charge in [0.25, 0.3) is 0 Å². The molecule has 3 heteroatoms. The number of rotatable bonds is 2. The summed E-state index contributed by atoms with van der Waals surface area (Å²) in [6.45, 7) is 2.12. The van der Waals surface area contributed by atoms with Crippen molar-refractivity contribution in [1.82, 2.24) is 4.90 Å². The number of phenols is 2. The molecule has 0 radical (unpaired) electrons. The van der Waals surface area contributed by atoms with E-state index in [4.69, 9.17) is 0 Å². The molecule has 1 heterocycles. The van der Waals surface area contributed by atoms with Crippen LogP contribution in [0.25, 0.3) is 6.08 Å². The molecule has 4 rings (SSSR count). The highest BCUT2D eigenvalue weighted by Gasteiger charge is 2.39. The molecule has 3 nitrogen and oxygen atoms in total. The number of likely N-dealkylation sites (tertiary alicyclic amines) is 1. The Kier molecular flexibility index (Phi) is 3.97. The highest BCUT2D eigenvalue weighted by molar-refractivity contribution is 5.63. The molecular formula is C21H25NO2. The van der Waals surface area contributed by atoms with Crippen LogP contribution in [0.1, 0.15) is 43.2 Å². The Morgan fingerprint density at radius 2 is 1.92 bits per heavy atom. The van der Waals surface area contributed by atoms with Crippen molar-refractivity contribution < 1.29 is 10.2 Å². The van der Waals surface area contributed by atoms with Crippen LogP contribution >= 0.6 is 0 Å². The summed E-state index contributed by atoms with van der Waals surface area (Å²) in [4.78, 5) is 2.61. The lowest BCUT2D eigenvalue weighted by molar-refractivity contribution is 0.0964. The van der Waals surface area contributed by atoms with Crippen molar-refractivity contribution in [2.45, 2.75) is 44.1 Å². The van der Waals surface area contributed by atoms with E-state index in [1.165, 1.54) is 18.4 Å². The molecule has 3 aliphatic rings. The van der Waals surface area contributed by atoms with Gasteiger partial charge in [0.15, 0.2) is 11.5 Å². The summed E-state index contributed by atoms with van der Waals surface area (Å²) in [7, 11) is 0. The molecule has 1 aromatic rings. The number of fused-ring (bicyclic) bond motifs is 1. The number of hydrogen-bond acceptors (Lipinski definition) is 3. The van der Waals surface area contributed by atoms with E-state index in [1.807, 2.05) is 0 Å². The Hall–Kier alpha value is -2.00. The molecule has 1 saturated heterocycles. The number of hydrogen-bond donors (Lipinski definition) is 2. The van der Waals surface area contributed by atoms with Gasteiger partial charge in [-0.15, -0.1) is 0 Å². The predicted octanol–water partition coefficient (Wildman–Crippen LogP) is 4.17. The van der Waals surface area contributed by atoms with Crippen molar-refractivity contribution in [3.63, 3.8) is 0 Å². The van der Waals surface area contributed by atoms with Gasteiger partial charge in [0.1, 0.15) is 0 Å². The van der Waals surface area contributed by atoms with Crippen LogP contribution in [0.3, 0.4) is 0 Å². The van der Waals surface area contributed by atoms with E-state index in [0.717, 1.165) is 49.9 Å². The van der Waals surface area contributed by atoms with E-state index >= 15 is 0 Å². The third-order valence-electron chi connectivity index (χ3n) is 5.67. The van der Waals surface area contributed by atoms with E-state index in [-0.39, 0.29) is 17.0 Å². The van der Waals surface area contributed by atoms with Crippen molar-refractivity contribution in [2.75, 3.05) is 13.1 Å². The maximum absolute atomic E-state index is 9.88. The number of nitrogens with zero attached hydrogens (tertiary/aromatic N) is 1. The largest absolute Gasteiger partial charge is 0.504 e. The molecule has 0 bridgehead atoms. The van der Waals surface area contributed by atoms with Gasteiger partial charge in [-0.2, -0.15) is 0 Å². The lowest BCUT2D eigenvalue weighted by Gasteiger charge is -2.47. The van der Waals surface area contributed by atoms with Crippen LogP contribution in [0, 0.1) is 0 Å². The number of allylic oxidation sites excluding steroid dienone is 2. The second-order valence-corrected chi connectivity index (χ2v) is 7.29. The van der Waals surface area contributed by atoms with Gasteiger partial charge in [0.05, 0.1) is 0 Å². The van der Waals surface area contributed by atoms with Crippen LogP contribution in [-0.2, 0) is 6.42 Å². The van der Waals surface area contributed by atoms with E-state index in [2.05, 4.69) is 35.3 Å². The van der Waals surface area contributed by atoms with Crippen molar-refractivity contribution in [3.8, 4) is 11.5 Å². The summed E-state index contributed by atoms with van der Waals surface area (Å²) in [6.07, 6.45) is 18.2. The topological polar surface area (TPSA) is 43.7 Å². The third kappa shape index (κ3) is 2.78. The third-order valence-corrected chi connectivity index (χ3v) is 5.67. The minimum absolute atomic E-state index is 0.0144. The molecule has 126 valence electrons. The first-order chi connectivity index (χ1) is 11.7. The average Bonchev–Trinajstić information content (AvgIpc) is 2.60. The Morgan fingerprint density at radius 1 is 1.04 bits per heavy atom. The summed E-state index contributed by atoms with van der Waals surface area (Å²) in [5.41, 5.74) is 3.63. The van der Waals surface area contributed by atoms with E-state index in [0.29, 0.717) is 0 Å². The Bertz CT molecular complexity index is 732. The summed E-state index contributed by atoms with van der Waals surface area (Å²) in [6, 6.07) is 3.41. The SMILES string of the molecule is Oc1cc2c(cc1O)CC1(C=C2)CCCCN1CC1=CCCC=C1. The normalized spacial score (nSPS) is 26.4. The highest BCUT2D eigenvalue weighted by atomic mass is 16.3. The maximum atomic E-state index is 9.88. The van der Waals surface area contributed by atoms with Gasteiger partial charge >= 0.3 is 0 Å². The molecule has 1 unspecified atom stereocenters. The van der Waals surface area contributed by atoms with Crippen molar-refractivity contribution in [1.29, 1.82) is 0 Å². The standard InChI is InChI=1S/C21H25NO2/c23-19-12-17-8-10-21(14-18(17)13-20(19)24)9-4-5-11-22(21)15-16-6-2-1-3-7-16/h2,6-8,10,12-13,23-24H,1,3-5,9,11,14-15H2. The summed E-state index contributed by atoms with van der Waals surface area (Å²) in [5, 5.41) is 19.6. The van der Waals surface area contributed by atoms with Crippen molar-refractivity contribution in [3.05, 3.63) is 53.1 Å². The van der Waals surface area contributed by atoms with Crippen LogP contribution in [-0.4, -0.2) is 33.7 Å². The first-order valence-electron chi connectivity index (χ1n) is 9.01. The molecule has 0 saturated carbocycles. The number of aromatic hydroxyl groups is 2. The van der Waals surface area contributed by atoms with Gasteiger partial charge in [-0.3, -0.25) is 4.90 Å². The minimum atomic E-state index is -0.0349. The number of benzene rings is 1. The van der Waals surface area contributed by atoms with E-state index in [9.17, 15) is 10.2 Å². The molecule has 0 amide bonds. The van der Waals surface area contributed by atoms with Crippen molar-refractivity contribution in [2.24, 2.45) is 0 Å². The molecule has 1 aliphatic heterocycles. The monoisotopic (exact) mass is 323 g/mol. The Balaban J connectivity index is 1.63. The van der Waals surface area contributed by atoms with Crippen LogP contribution in [0.4, 0.5) is 0 Å². The predicted molar refractivity (Wildman–Crippen MR) is 97.1 cm³/mol. The van der Waals surface area contributed by atoms with Crippen LogP contribution in [0.2, 0.25) is 0 Å². The summed E-state index contributed by atoms with van der Waals surface area (Å²) in [5.74, 6) is -0.0492. The van der Waals surface area contributed by atoms with Crippen LogP contribution in [0.5, 0.6) is 11.5 Å². The van der Waals surface area contributed by atoms with Gasteiger partial charge in [-0.05, 0) is 67.5 Å². The Morgan fingerprint density at radius 3 is 2.75 bits per heavy atom. The van der Waals surface area contributed by atoms with Gasteiger partial charge in [0, 0.05) is 12.1 Å². The van der Waals surface area contributed by atoms with Gasteiger partial charge < -0.3 is 10.2 Å². The smallest absolute Gasteiger partial charge is 0.158 e. The fourth-order valence-corrected chi connectivity index (χ4v) is 4.32. The zero-order valence-corrected chi connectivity index (χ0v) is 14.0. The molecule has 1 aromatic carbocycles. The lowest BCUT2D eigenvalue weighted by atomic mass is 9.76. The number of phenolic OH excluding ortho intramolecular Hbond substituents is 2. The Labute approximate surface area is 143 Å². The fourth-order valence-electron chi connectivity index (χ4n) is 4.32. The second-order valence-electron chi connectivity index (χ2n) is 7.29. The van der Waals surface area contributed by atoms with Crippen LogP contribution in [0.15, 0.2) is 42.0 Å². The zero-order chi connectivity index (χ0) is 16.6. The van der Waals surface area contributed by atoms with Gasteiger partial charge in [-0.1, -0.05) is 36.8 Å². The first kappa shape index (κ1) is 15.5. The maximum Gasteiger partial charge on any atom is 0.158 e. The molecule has 1 atom stereocenters. The molecule has 1 spiro atoms. The van der Waals surface area contributed by atoms with Gasteiger partial charge in [-0.25, -0.2) is 0 Å². The van der Waals surface area contributed by atoms with Gasteiger partial charge in [0.2, 0.25) is 0 Å². The van der Waals surface area contributed by atoms with E-state index < -0.39 is 0 Å². The van der Waals surface area contributed by atoms with Crippen molar-refractivity contribution >= 4 is 6.08 Å². The minimum Gasteiger partial charge on any atom is -0.504 e. The second kappa shape index (κ2) is 6.14. The zero-order valence-electron chi connectivity index (χ0n) is 14.0. The quantitative estimate of drug-likeness (QED) is 0.803. The summed E-state index contributed by atoms with van der Waals surface area (Å²) >= 11 is 0. The number of piperidine rings is 1. The first-order valence-corrected chi connectivity index (χ1v) is 9.01. The van der Waals surface area contributed by atoms with Crippen LogP contribution < -0.4 is 0 Å². The molecule has 24 heavy (non-hydrogen) atoms. The molecule has 2 aliphatic carbocycles. The highest BCUT2D eigenvalue weighted by Crippen LogP contribution is 2.41. The molecule has 2 N–H and O–H groups in total. The summed E-state index contributed by atoms with van der Waals surface area (Å²) < 4.78 is 0. The lowest BCUT2D eigenvalue weighted by Crippen LogP contribution is -2.53.